The molecule has 0 aliphatic carbocycles. The van der Waals surface area contributed by atoms with Crippen molar-refractivity contribution in [3.8, 4) is 0 Å². The van der Waals surface area contributed by atoms with Crippen molar-refractivity contribution < 1.29 is 57.0 Å². The molecule has 0 bridgehead atoms. The summed E-state index contributed by atoms with van der Waals surface area (Å²) in [6, 6.07) is 2.01. The van der Waals surface area contributed by atoms with Crippen molar-refractivity contribution in [2.75, 3.05) is 20.3 Å². The first-order valence-electron chi connectivity index (χ1n) is 14.3. The molecule has 0 amide bonds. The summed E-state index contributed by atoms with van der Waals surface area (Å²) in [5.41, 5.74) is -1.40. The van der Waals surface area contributed by atoms with Crippen LogP contribution >= 0.6 is 0 Å². The number of imidazole rings is 1. The molecular weight excluding hydrogens is 626 g/mol. The van der Waals surface area contributed by atoms with E-state index in [1.165, 1.54) is 68.0 Å². The fraction of sp³-hybridized carbons (Fsp3) is 0.483. The van der Waals surface area contributed by atoms with Crippen LogP contribution in [0.2, 0.25) is 0 Å². The maximum Gasteiger partial charge on any atom is 0.344 e. The molecule has 1 fully saturated rings. The van der Waals surface area contributed by atoms with Crippen molar-refractivity contribution in [2.45, 2.75) is 64.8 Å². The first kappa shape index (κ1) is 34.5. The number of fused-ring (bicyclic) bond motifs is 1. The van der Waals surface area contributed by atoms with Crippen LogP contribution < -0.4 is 15.8 Å². The summed E-state index contributed by atoms with van der Waals surface area (Å²) in [6.07, 6.45) is -0.335. The molecule has 252 valence electrons. The number of nitrogens with zero attached hydrogens (tertiary/aromatic N) is 5. The SMILES string of the molecule is COC(=O)C(C)n1cnc2c1c(=O)n(CCOC(=O)c1ccc[n+]([C@@H]3O[C@H](COC(C)=O)[C@@H](OC(C)=O)[C@H]3OC(C)=O)c1)c(=O)n2C. The van der Waals surface area contributed by atoms with E-state index in [2.05, 4.69) is 4.98 Å². The minimum Gasteiger partial charge on any atom is -0.467 e. The lowest BCUT2D eigenvalue weighted by Crippen LogP contribution is -2.48. The predicted molar refractivity (Wildman–Crippen MR) is 155 cm³/mol. The van der Waals surface area contributed by atoms with E-state index in [0.29, 0.717) is 0 Å². The number of methoxy groups -OCH3 is 1. The molecule has 1 aliphatic heterocycles. The molecule has 1 unspecified atom stereocenters. The third kappa shape index (κ3) is 7.37. The highest BCUT2D eigenvalue weighted by molar-refractivity contribution is 5.88. The average molecular weight is 661 g/mol. The number of ether oxygens (including phenoxy) is 6. The minimum atomic E-state index is -1.18. The minimum absolute atomic E-state index is 0.0154. The lowest BCUT2D eigenvalue weighted by atomic mass is 10.1. The normalized spacial score (nSPS) is 19.5. The fourth-order valence-corrected chi connectivity index (χ4v) is 5.08. The Kier molecular flexibility index (Phi) is 10.5. The lowest BCUT2D eigenvalue weighted by Gasteiger charge is -2.21. The summed E-state index contributed by atoms with van der Waals surface area (Å²) in [5.74, 6) is -3.46. The quantitative estimate of drug-likeness (QED) is 0.139. The second-order valence-corrected chi connectivity index (χ2v) is 10.5. The average Bonchev–Trinajstić information content (AvgIpc) is 3.61. The van der Waals surface area contributed by atoms with E-state index >= 15 is 0 Å². The summed E-state index contributed by atoms with van der Waals surface area (Å²) >= 11 is 0. The van der Waals surface area contributed by atoms with Gasteiger partial charge in [-0.15, -0.1) is 0 Å². The first-order chi connectivity index (χ1) is 22.2. The van der Waals surface area contributed by atoms with E-state index in [-0.39, 0.29) is 36.5 Å². The van der Waals surface area contributed by atoms with Crippen LogP contribution in [0.25, 0.3) is 11.2 Å². The molecule has 4 rings (SSSR count). The first-order valence-corrected chi connectivity index (χ1v) is 14.3. The summed E-state index contributed by atoms with van der Waals surface area (Å²) < 4.78 is 36.6. The van der Waals surface area contributed by atoms with Gasteiger partial charge in [-0.3, -0.25) is 28.3 Å². The molecule has 0 aromatic carbocycles. The molecule has 3 aromatic heterocycles. The van der Waals surface area contributed by atoms with Gasteiger partial charge in [-0.1, -0.05) is 0 Å². The molecule has 5 atom stereocenters. The zero-order valence-electron chi connectivity index (χ0n) is 26.4. The van der Waals surface area contributed by atoms with Gasteiger partial charge in [-0.2, -0.15) is 4.57 Å². The zero-order valence-corrected chi connectivity index (χ0v) is 26.4. The van der Waals surface area contributed by atoms with Crippen LogP contribution in [0.1, 0.15) is 50.3 Å². The third-order valence-corrected chi connectivity index (χ3v) is 7.26. The maximum absolute atomic E-state index is 13.3. The van der Waals surface area contributed by atoms with Gasteiger partial charge in [0.1, 0.15) is 30.9 Å². The van der Waals surface area contributed by atoms with Crippen LogP contribution in [0.3, 0.4) is 0 Å². The number of rotatable bonds is 11. The fourth-order valence-electron chi connectivity index (χ4n) is 5.08. The Hall–Kier alpha value is -5.39. The van der Waals surface area contributed by atoms with Gasteiger partial charge in [0.25, 0.3) is 5.56 Å². The molecule has 4 heterocycles. The monoisotopic (exact) mass is 660 g/mol. The Labute approximate surface area is 266 Å². The molecule has 3 aromatic rings. The van der Waals surface area contributed by atoms with Gasteiger partial charge in [0.05, 0.1) is 20.0 Å². The van der Waals surface area contributed by atoms with Crippen molar-refractivity contribution in [2.24, 2.45) is 7.05 Å². The zero-order chi connectivity index (χ0) is 34.6. The van der Waals surface area contributed by atoms with Crippen molar-refractivity contribution in [3.63, 3.8) is 0 Å². The molecule has 47 heavy (non-hydrogen) atoms. The smallest absolute Gasteiger partial charge is 0.344 e. The van der Waals surface area contributed by atoms with Gasteiger partial charge in [0, 0.05) is 33.9 Å². The number of aryl methyl sites for hydroxylation is 1. The number of aromatic nitrogens is 5. The van der Waals surface area contributed by atoms with Gasteiger partial charge in [-0.05, 0) is 13.0 Å². The summed E-state index contributed by atoms with van der Waals surface area (Å²) in [7, 11) is 2.61. The molecule has 0 N–H and O–H groups in total. The van der Waals surface area contributed by atoms with E-state index in [1.54, 1.807) is 0 Å². The second-order valence-electron chi connectivity index (χ2n) is 10.5. The standard InChI is InChI=1S/C29H34N5O13/c1-15(27(39)42-6)34-14-30-24-21(34)25(38)33(29(41)31(24)5)10-11-43-28(40)19-8-7-9-32(12-19)26-23(46-18(4)37)22(45-17(3)36)20(47-26)13-44-16(2)35/h7-9,12,14-15,20,22-23,26H,10-11,13H2,1-6H3/q+1/t15?,20-,22-,23-,26-/m1/s1. The highest BCUT2D eigenvalue weighted by Gasteiger charge is 2.54. The number of carbonyl (C=O) groups is 5. The predicted octanol–water partition coefficient (Wildman–Crippen LogP) is -0.901. The number of hydrogen-bond donors (Lipinski definition) is 0. The van der Waals surface area contributed by atoms with Crippen LogP contribution in [0.5, 0.6) is 0 Å². The Morgan fingerprint density at radius 3 is 2.34 bits per heavy atom. The molecule has 18 heteroatoms. The van der Waals surface area contributed by atoms with Gasteiger partial charge >= 0.3 is 41.8 Å². The number of esters is 5. The molecule has 1 aliphatic rings. The molecular formula is C29H34N5O13+. The summed E-state index contributed by atoms with van der Waals surface area (Å²) in [6.45, 7) is 4.00. The molecule has 1 saturated heterocycles. The Bertz CT molecular complexity index is 1830. The molecule has 0 spiro atoms. The van der Waals surface area contributed by atoms with E-state index in [9.17, 15) is 33.6 Å². The van der Waals surface area contributed by atoms with Gasteiger partial charge < -0.3 is 33.0 Å². The van der Waals surface area contributed by atoms with Crippen molar-refractivity contribution in [3.05, 3.63) is 57.3 Å². The number of hydrogen-bond acceptors (Lipinski definition) is 14. The van der Waals surface area contributed by atoms with Crippen molar-refractivity contribution in [1.82, 2.24) is 18.7 Å². The summed E-state index contributed by atoms with van der Waals surface area (Å²) in [5, 5.41) is 0. The molecule has 18 nitrogen and oxygen atoms in total. The largest absolute Gasteiger partial charge is 0.467 e. The van der Waals surface area contributed by atoms with Crippen molar-refractivity contribution >= 4 is 41.0 Å². The van der Waals surface area contributed by atoms with Crippen LogP contribution in [0.15, 0.2) is 40.4 Å². The van der Waals surface area contributed by atoms with E-state index < -0.39 is 71.7 Å². The third-order valence-electron chi connectivity index (χ3n) is 7.26. The molecule has 0 saturated carbocycles. The number of pyridine rings is 1. The topological polar surface area (TPSA) is 206 Å². The van der Waals surface area contributed by atoms with E-state index in [0.717, 1.165) is 23.0 Å². The Morgan fingerprint density at radius 2 is 1.70 bits per heavy atom. The van der Waals surface area contributed by atoms with Crippen molar-refractivity contribution in [1.29, 1.82) is 0 Å². The second kappa shape index (κ2) is 14.4. The summed E-state index contributed by atoms with van der Waals surface area (Å²) in [4.78, 5) is 90.8. The van der Waals surface area contributed by atoms with E-state index in [1.807, 2.05) is 0 Å². The van der Waals surface area contributed by atoms with Crippen LogP contribution in [0, 0.1) is 0 Å². The number of carbonyl (C=O) groups excluding carboxylic acids is 5. The van der Waals surface area contributed by atoms with Crippen LogP contribution in [0.4, 0.5) is 0 Å². The van der Waals surface area contributed by atoms with E-state index in [4.69, 9.17) is 28.4 Å². The Morgan fingerprint density at radius 1 is 1.02 bits per heavy atom. The van der Waals surface area contributed by atoms with Crippen LogP contribution in [-0.4, -0.2) is 87.2 Å². The Balaban J connectivity index is 1.55. The maximum atomic E-state index is 13.3. The van der Waals surface area contributed by atoms with Gasteiger partial charge in [0.15, 0.2) is 29.7 Å². The molecule has 0 radical (unpaired) electrons. The van der Waals surface area contributed by atoms with Gasteiger partial charge in [-0.25, -0.2) is 19.4 Å². The highest BCUT2D eigenvalue weighted by atomic mass is 16.7. The van der Waals surface area contributed by atoms with Gasteiger partial charge in [0.2, 0.25) is 6.10 Å². The highest BCUT2D eigenvalue weighted by Crippen LogP contribution is 2.31. The van der Waals surface area contributed by atoms with Crippen LogP contribution in [-0.2, 0) is 61.2 Å². The lowest BCUT2D eigenvalue weighted by molar-refractivity contribution is -0.765.